The molecule has 1 unspecified atom stereocenters. The number of hydrogen-bond acceptors (Lipinski definition) is 4. The molecule has 1 atom stereocenters. The van der Waals surface area contributed by atoms with Gasteiger partial charge in [-0.3, -0.25) is 9.59 Å². The number of rotatable bonds is 5. The highest BCUT2D eigenvalue weighted by Crippen LogP contribution is 2.35. The van der Waals surface area contributed by atoms with Crippen LogP contribution in [-0.4, -0.2) is 24.2 Å². The van der Waals surface area contributed by atoms with Crippen LogP contribution in [0.1, 0.15) is 20.3 Å². The maximum absolute atomic E-state index is 13.6. The maximum Gasteiger partial charge on any atom is 0.319 e. The first-order valence-electron chi connectivity index (χ1n) is 5.90. The monoisotopic (exact) mass is 319 g/mol. The van der Waals surface area contributed by atoms with Crippen LogP contribution in [0.25, 0.3) is 0 Å². The van der Waals surface area contributed by atoms with Crippen LogP contribution in [0.3, 0.4) is 0 Å². The quantitative estimate of drug-likeness (QED) is 0.667. The Bertz CT molecular complexity index is 525. The Labute approximate surface area is 126 Å². The summed E-state index contributed by atoms with van der Waals surface area (Å²) < 4.78 is 18.3. The van der Waals surface area contributed by atoms with Crippen molar-refractivity contribution < 1.29 is 18.7 Å². The Morgan fingerprint density at radius 1 is 1.50 bits per heavy atom. The van der Waals surface area contributed by atoms with E-state index < -0.39 is 11.1 Å². The van der Waals surface area contributed by atoms with E-state index in [0.717, 1.165) is 6.07 Å². The Morgan fingerprint density at radius 2 is 2.15 bits per heavy atom. The van der Waals surface area contributed by atoms with Gasteiger partial charge in [-0.25, -0.2) is 4.39 Å². The Kier molecular flexibility index (Phi) is 6.29. The molecular formula is C13H15ClFNO3S. The first-order chi connectivity index (χ1) is 9.38. The first-order valence-corrected chi connectivity index (χ1v) is 7.15. The molecule has 0 saturated heterocycles. The number of nitrogens with one attached hydrogen (secondary N) is 1. The van der Waals surface area contributed by atoms with Gasteiger partial charge in [0, 0.05) is 11.8 Å². The second kappa shape index (κ2) is 7.50. The summed E-state index contributed by atoms with van der Waals surface area (Å²) in [6.07, 6.45) is 0.542. The first kappa shape index (κ1) is 16.8. The van der Waals surface area contributed by atoms with E-state index >= 15 is 0 Å². The Morgan fingerprint density at radius 3 is 2.65 bits per heavy atom. The van der Waals surface area contributed by atoms with Crippen molar-refractivity contribution in [3.8, 4) is 0 Å². The molecule has 7 heteroatoms. The number of amides is 1. The van der Waals surface area contributed by atoms with Gasteiger partial charge < -0.3 is 10.1 Å². The van der Waals surface area contributed by atoms with Crippen molar-refractivity contribution in [1.29, 1.82) is 0 Å². The molecule has 0 radical (unpaired) electrons. The summed E-state index contributed by atoms with van der Waals surface area (Å²) in [7, 11) is 1.31. The fourth-order valence-electron chi connectivity index (χ4n) is 1.49. The number of methoxy groups -OCH3 is 1. The van der Waals surface area contributed by atoms with Gasteiger partial charge in [0.05, 0.1) is 17.8 Å². The van der Waals surface area contributed by atoms with Crippen molar-refractivity contribution >= 4 is 40.9 Å². The number of halogens is 2. The smallest absolute Gasteiger partial charge is 0.319 e. The molecule has 0 aliphatic heterocycles. The molecule has 0 fully saturated rings. The van der Waals surface area contributed by atoms with E-state index in [0.29, 0.717) is 11.3 Å². The number of carbonyl (C=O) groups excluding carboxylic acids is 2. The lowest BCUT2D eigenvalue weighted by Crippen LogP contribution is -2.17. The van der Waals surface area contributed by atoms with Crippen LogP contribution >= 0.6 is 23.4 Å². The SMILES string of the molecule is CCC(Sc1cc(NC(C)=O)c(F)cc1Cl)C(=O)OC. The topological polar surface area (TPSA) is 55.4 Å². The third-order valence-electron chi connectivity index (χ3n) is 2.44. The zero-order valence-electron chi connectivity index (χ0n) is 11.3. The van der Waals surface area contributed by atoms with Crippen LogP contribution in [0.15, 0.2) is 17.0 Å². The van der Waals surface area contributed by atoms with E-state index in [1.54, 1.807) is 0 Å². The van der Waals surface area contributed by atoms with Gasteiger partial charge in [0.1, 0.15) is 11.1 Å². The summed E-state index contributed by atoms with van der Waals surface area (Å²) in [5, 5.41) is 2.12. The largest absolute Gasteiger partial charge is 0.468 e. The molecule has 1 aromatic carbocycles. The Balaban J connectivity index is 3.05. The second-order valence-corrected chi connectivity index (χ2v) is 5.63. The summed E-state index contributed by atoms with van der Waals surface area (Å²) in [6, 6.07) is 2.52. The molecule has 0 spiro atoms. The molecular weight excluding hydrogens is 305 g/mol. The van der Waals surface area contributed by atoms with Crippen molar-refractivity contribution in [2.45, 2.75) is 30.4 Å². The normalized spacial score (nSPS) is 11.8. The van der Waals surface area contributed by atoms with Crippen molar-refractivity contribution in [3.05, 3.63) is 23.0 Å². The van der Waals surface area contributed by atoms with Gasteiger partial charge in [0.15, 0.2) is 0 Å². The van der Waals surface area contributed by atoms with E-state index in [9.17, 15) is 14.0 Å². The average Bonchev–Trinajstić information content (AvgIpc) is 2.39. The molecule has 1 aromatic rings. The van der Waals surface area contributed by atoms with Crippen LogP contribution < -0.4 is 5.32 Å². The molecule has 0 heterocycles. The van der Waals surface area contributed by atoms with Gasteiger partial charge in [0.25, 0.3) is 0 Å². The molecule has 4 nitrogen and oxygen atoms in total. The molecule has 1 rings (SSSR count). The number of anilines is 1. The molecule has 20 heavy (non-hydrogen) atoms. The molecule has 1 N–H and O–H groups in total. The molecule has 0 aliphatic carbocycles. The van der Waals surface area contributed by atoms with Crippen molar-refractivity contribution in [3.63, 3.8) is 0 Å². The van der Waals surface area contributed by atoms with Gasteiger partial charge in [0.2, 0.25) is 5.91 Å². The number of carbonyl (C=O) groups is 2. The lowest BCUT2D eigenvalue weighted by molar-refractivity contribution is -0.140. The number of benzene rings is 1. The molecule has 0 bridgehead atoms. The van der Waals surface area contributed by atoms with Crippen molar-refractivity contribution in [2.75, 3.05) is 12.4 Å². The van der Waals surface area contributed by atoms with Crippen molar-refractivity contribution in [2.24, 2.45) is 0 Å². The standard InChI is InChI=1S/C13H15ClFNO3S/c1-4-11(13(18)19-3)20-12-6-10(16-7(2)17)9(15)5-8(12)14/h5-6,11H,4H2,1-3H3,(H,16,17). The lowest BCUT2D eigenvalue weighted by Gasteiger charge is -2.14. The van der Waals surface area contributed by atoms with Crippen LogP contribution in [0, 0.1) is 5.82 Å². The van der Waals surface area contributed by atoms with Crippen LogP contribution in [0.5, 0.6) is 0 Å². The third kappa shape index (κ3) is 4.38. The molecule has 0 saturated carbocycles. The van der Waals surface area contributed by atoms with Gasteiger partial charge in [-0.15, -0.1) is 11.8 Å². The number of ether oxygens (including phenoxy) is 1. The number of esters is 1. The molecule has 110 valence electrons. The van der Waals surface area contributed by atoms with E-state index in [1.807, 2.05) is 6.92 Å². The predicted octanol–water partition coefficient (Wildman–Crippen LogP) is 3.48. The minimum atomic E-state index is -0.624. The summed E-state index contributed by atoms with van der Waals surface area (Å²) in [5.74, 6) is -1.39. The van der Waals surface area contributed by atoms with Gasteiger partial charge in [-0.05, 0) is 18.6 Å². The van der Waals surface area contributed by atoms with Crippen LogP contribution in [-0.2, 0) is 14.3 Å². The highest BCUT2D eigenvalue weighted by Gasteiger charge is 2.21. The summed E-state index contributed by atoms with van der Waals surface area (Å²) in [6.45, 7) is 3.12. The highest BCUT2D eigenvalue weighted by atomic mass is 35.5. The summed E-state index contributed by atoms with van der Waals surface area (Å²) in [4.78, 5) is 23.1. The average molecular weight is 320 g/mol. The summed E-state index contributed by atoms with van der Waals surface area (Å²) in [5.41, 5.74) is 0.0316. The van der Waals surface area contributed by atoms with E-state index in [4.69, 9.17) is 11.6 Å². The van der Waals surface area contributed by atoms with Gasteiger partial charge in [-0.2, -0.15) is 0 Å². The minimum Gasteiger partial charge on any atom is -0.468 e. The van der Waals surface area contributed by atoms with Gasteiger partial charge >= 0.3 is 5.97 Å². The van der Waals surface area contributed by atoms with Crippen molar-refractivity contribution in [1.82, 2.24) is 0 Å². The predicted molar refractivity (Wildman–Crippen MR) is 77.7 cm³/mol. The van der Waals surface area contributed by atoms with E-state index in [-0.39, 0.29) is 22.6 Å². The zero-order chi connectivity index (χ0) is 15.3. The summed E-state index contributed by atoms with van der Waals surface area (Å²) >= 11 is 7.13. The van der Waals surface area contributed by atoms with Gasteiger partial charge in [-0.1, -0.05) is 18.5 Å². The fourth-order valence-corrected chi connectivity index (χ4v) is 2.79. The van der Waals surface area contributed by atoms with E-state index in [1.165, 1.54) is 31.9 Å². The molecule has 1 amide bonds. The lowest BCUT2D eigenvalue weighted by atomic mass is 10.3. The minimum absolute atomic E-state index is 0.0316. The number of hydrogen-bond donors (Lipinski definition) is 1. The van der Waals surface area contributed by atoms with Crippen LogP contribution in [0.2, 0.25) is 5.02 Å². The molecule has 0 aliphatic rings. The zero-order valence-corrected chi connectivity index (χ0v) is 12.9. The second-order valence-electron chi connectivity index (χ2n) is 3.98. The fraction of sp³-hybridized carbons (Fsp3) is 0.385. The number of thioether (sulfide) groups is 1. The Hall–Kier alpha value is -1.27. The van der Waals surface area contributed by atoms with Crippen LogP contribution in [0.4, 0.5) is 10.1 Å². The third-order valence-corrected chi connectivity index (χ3v) is 4.26. The molecule has 0 aromatic heterocycles. The van der Waals surface area contributed by atoms with E-state index in [2.05, 4.69) is 10.1 Å². The maximum atomic E-state index is 13.6. The highest BCUT2D eigenvalue weighted by molar-refractivity contribution is 8.00.